The minimum absolute atomic E-state index is 0.0141. The highest BCUT2D eigenvalue weighted by Gasteiger charge is 2.29. The van der Waals surface area contributed by atoms with E-state index < -0.39 is 10.0 Å². The van der Waals surface area contributed by atoms with Crippen molar-refractivity contribution < 1.29 is 8.42 Å². The molecule has 0 saturated carbocycles. The van der Waals surface area contributed by atoms with Crippen LogP contribution in [-0.4, -0.2) is 50.3 Å². The monoisotopic (exact) mass is 311 g/mol. The van der Waals surface area contributed by atoms with Crippen LogP contribution >= 0.6 is 0 Å². The second kappa shape index (κ2) is 6.87. The van der Waals surface area contributed by atoms with Crippen LogP contribution in [0.25, 0.3) is 0 Å². The molecule has 1 atom stereocenters. The maximum Gasteiger partial charge on any atom is 0.218 e. The molecule has 1 aromatic carbocycles. The predicted molar refractivity (Wildman–Crippen MR) is 85.2 cm³/mol. The minimum Gasteiger partial charge on any atom is -0.326 e. The number of rotatable bonds is 4. The van der Waals surface area contributed by atoms with Gasteiger partial charge < -0.3 is 10.6 Å². The second-order valence-electron chi connectivity index (χ2n) is 5.86. The molecule has 1 saturated heterocycles. The molecule has 1 aliphatic rings. The Hall–Kier alpha value is -0.950. The summed E-state index contributed by atoms with van der Waals surface area (Å²) in [6.07, 6.45) is 0.878. The van der Waals surface area contributed by atoms with Gasteiger partial charge in [-0.15, -0.1) is 0 Å². The molecular weight excluding hydrogens is 286 g/mol. The van der Waals surface area contributed by atoms with Gasteiger partial charge in [-0.25, -0.2) is 8.42 Å². The van der Waals surface area contributed by atoms with E-state index in [0.29, 0.717) is 13.1 Å². The van der Waals surface area contributed by atoms with Crippen LogP contribution in [0.3, 0.4) is 0 Å². The normalized spacial score (nSPS) is 22.1. The van der Waals surface area contributed by atoms with Crippen molar-refractivity contribution in [3.63, 3.8) is 0 Å². The van der Waals surface area contributed by atoms with E-state index in [0.717, 1.165) is 30.6 Å². The predicted octanol–water partition coefficient (Wildman–Crippen LogP) is 1.00. The summed E-state index contributed by atoms with van der Waals surface area (Å²) in [4.78, 5) is 2.19. The first-order valence-corrected chi connectivity index (χ1v) is 8.99. The Kier molecular flexibility index (Phi) is 5.37. The molecule has 0 aromatic heterocycles. The standard InChI is InChI=1S/C15H25N3O2S/c1-13-11-17(2)7-4-8-18(13)21(19,20)12-15-6-3-5-14(9-15)10-16/h3,5-6,9,13H,4,7-8,10-12,16H2,1-2H3. The highest BCUT2D eigenvalue weighted by Crippen LogP contribution is 2.18. The summed E-state index contributed by atoms with van der Waals surface area (Å²) in [7, 11) is -1.25. The zero-order valence-electron chi connectivity index (χ0n) is 12.8. The zero-order valence-corrected chi connectivity index (χ0v) is 13.6. The largest absolute Gasteiger partial charge is 0.326 e. The number of nitrogens with two attached hydrogens (primary N) is 1. The molecule has 1 aliphatic heterocycles. The van der Waals surface area contributed by atoms with Gasteiger partial charge in [0.15, 0.2) is 0 Å². The van der Waals surface area contributed by atoms with Crippen LogP contribution in [0.2, 0.25) is 0 Å². The first kappa shape index (κ1) is 16.4. The van der Waals surface area contributed by atoms with Gasteiger partial charge in [0.2, 0.25) is 10.0 Å². The van der Waals surface area contributed by atoms with Crippen LogP contribution in [0.5, 0.6) is 0 Å². The van der Waals surface area contributed by atoms with Gasteiger partial charge >= 0.3 is 0 Å². The number of likely N-dealkylation sites (N-methyl/N-ethyl adjacent to an activating group) is 1. The maximum atomic E-state index is 12.7. The van der Waals surface area contributed by atoms with Gasteiger partial charge in [-0.2, -0.15) is 4.31 Å². The fourth-order valence-electron chi connectivity index (χ4n) is 2.90. The molecule has 21 heavy (non-hydrogen) atoms. The number of sulfonamides is 1. The second-order valence-corrected chi connectivity index (χ2v) is 7.78. The molecule has 2 N–H and O–H groups in total. The summed E-state index contributed by atoms with van der Waals surface area (Å²) < 4.78 is 27.1. The van der Waals surface area contributed by atoms with E-state index >= 15 is 0 Å². The smallest absolute Gasteiger partial charge is 0.218 e. The lowest BCUT2D eigenvalue weighted by atomic mass is 10.1. The fraction of sp³-hybridized carbons (Fsp3) is 0.600. The van der Waals surface area contributed by atoms with Crippen molar-refractivity contribution in [1.29, 1.82) is 0 Å². The van der Waals surface area contributed by atoms with E-state index in [2.05, 4.69) is 4.90 Å². The van der Waals surface area contributed by atoms with Gasteiger partial charge in [0.25, 0.3) is 0 Å². The summed E-state index contributed by atoms with van der Waals surface area (Å²) in [5.74, 6) is 0.0505. The van der Waals surface area contributed by atoms with Crippen LogP contribution < -0.4 is 5.73 Å². The Morgan fingerprint density at radius 2 is 2.00 bits per heavy atom. The quantitative estimate of drug-likeness (QED) is 0.901. The lowest BCUT2D eigenvalue weighted by Crippen LogP contribution is -2.42. The van der Waals surface area contributed by atoms with Crippen molar-refractivity contribution in [2.24, 2.45) is 5.73 Å². The number of hydrogen-bond donors (Lipinski definition) is 1. The zero-order chi connectivity index (χ0) is 15.5. The molecule has 0 aliphatic carbocycles. The molecular formula is C15H25N3O2S. The summed E-state index contributed by atoms with van der Waals surface area (Å²) in [5.41, 5.74) is 7.39. The third kappa shape index (κ3) is 4.26. The Balaban J connectivity index is 2.16. The Morgan fingerprint density at radius 3 is 2.71 bits per heavy atom. The van der Waals surface area contributed by atoms with Gasteiger partial charge in [-0.05, 0) is 38.1 Å². The van der Waals surface area contributed by atoms with Crippen LogP contribution in [0.15, 0.2) is 24.3 Å². The molecule has 1 fully saturated rings. The first-order valence-electron chi connectivity index (χ1n) is 7.38. The third-order valence-corrected chi connectivity index (χ3v) is 5.87. The van der Waals surface area contributed by atoms with Gasteiger partial charge in [0.05, 0.1) is 5.75 Å². The van der Waals surface area contributed by atoms with E-state index in [4.69, 9.17) is 5.73 Å². The molecule has 0 spiro atoms. The van der Waals surface area contributed by atoms with Crippen molar-refractivity contribution >= 4 is 10.0 Å². The van der Waals surface area contributed by atoms with Crippen LogP contribution in [0.4, 0.5) is 0 Å². The van der Waals surface area contributed by atoms with Crippen molar-refractivity contribution in [1.82, 2.24) is 9.21 Å². The van der Waals surface area contributed by atoms with Gasteiger partial charge in [0, 0.05) is 25.7 Å². The van der Waals surface area contributed by atoms with Gasteiger partial charge in [-0.1, -0.05) is 24.3 Å². The molecule has 6 heteroatoms. The summed E-state index contributed by atoms with van der Waals surface area (Å²) in [5, 5.41) is 0. The topological polar surface area (TPSA) is 66.6 Å². The summed E-state index contributed by atoms with van der Waals surface area (Å²) in [6.45, 7) is 4.74. The molecule has 118 valence electrons. The molecule has 0 amide bonds. The number of hydrogen-bond acceptors (Lipinski definition) is 4. The third-order valence-electron chi connectivity index (χ3n) is 3.92. The Labute approximate surface area is 127 Å². The van der Waals surface area contributed by atoms with Crippen LogP contribution in [0.1, 0.15) is 24.5 Å². The Bertz CT molecular complexity index is 574. The average Bonchev–Trinajstić information content (AvgIpc) is 2.59. The van der Waals surface area contributed by atoms with Crippen molar-refractivity contribution in [3.8, 4) is 0 Å². The van der Waals surface area contributed by atoms with Gasteiger partial charge in [0.1, 0.15) is 0 Å². The molecule has 1 heterocycles. The lowest BCUT2D eigenvalue weighted by molar-refractivity contribution is 0.290. The van der Waals surface area contributed by atoms with Crippen molar-refractivity contribution in [3.05, 3.63) is 35.4 Å². The SMILES string of the molecule is CC1CN(C)CCCN1S(=O)(=O)Cc1cccc(CN)c1. The number of benzene rings is 1. The van der Waals surface area contributed by atoms with Crippen molar-refractivity contribution in [2.45, 2.75) is 31.7 Å². The van der Waals surface area contributed by atoms with E-state index in [-0.39, 0.29) is 11.8 Å². The van der Waals surface area contributed by atoms with E-state index in [1.165, 1.54) is 0 Å². The average molecular weight is 311 g/mol. The minimum atomic E-state index is -3.29. The van der Waals surface area contributed by atoms with Crippen LogP contribution in [0, 0.1) is 0 Å². The molecule has 0 bridgehead atoms. The molecule has 5 nitrogen and oxygen atoms in total. The Morgan fingerprint density at radius 1 is 1.29 bits per heavy atom. The highest BCUT2D eigenvalue weighted by molar-refractivity contribution is 7.88. The number of nitrogens with zero attached hydrogens (tertiary/aromatic N) is 2. The molecule has 2 rings (SSSR count). The summed E-state index contributed by atoms with van der Waals surface area (Å²) >= 11 is 0. The highest BCUT2D eigenvalue weighted by atomic mass is 32.2. The molecule has 0 radical (unpaired) electrons. The molecule has 1 unspecified atom stereocenters. The van der Waals surface area contributed by atoms with E-state index in [1.54, 1.807) is 4.31 Å². The van der Waals surface area contributed by atoms with Gasteiger partial charge in [-0.3, -0.25) is 0 Å². The van der Waals surface area contributed by atoms with Crippen LogP contribution in [-0.2, 0) is 22.3 Å². The van der Waals surface area contributed by atoms with E-state index in [9.17, 15) is 8.42 Å². The van der Waals surface area contributed by atoms with E-state index in [1.807, 2.05) is 38.2 Å². The maximum absolute atomic E-state index is 12.7. The lowest BCUT2D eigenvalue weighted by Gasteiger charge is -2.27. The first-order chi connectivity index (χ1) is 9.92. The van der Waals surface area contributed by atoms with Crippen molar-refractivity contribution in [2.75, 3.05) is 26.7 Å². The molecule has 1 aromatic rings. The fourth-order valence-corrected chi connectivity index (χ4v) is 4.69. The summed E-state index contributed by atoms with van der Waals surface area (Å²) in [6, 6.07) is 7.53.